The zero-order chi connectivity index (χ0) is 12.7. The van der Waals surface area contributed by atoms with Gasteiger partial charge in [-0.05, 0) is 12.8 Å². The fourth-order valence-electron chi connectivity index (χ4n) is 1.39. The zero-order valence-electron chi connectivity index (χ0n) is 8.34. The number of nitrogens with zero attached hydrogens (tertiary/aromatic N) is 2. The first-order valence-corrected chi connectivity index (χ1v) is 4.64. The smallest absolute Gasteiger partial charge is 0.343 e. The van der Waals surface area contributed by atoms with E-state index in [1.807, 2.05) is 5.32 Å². The van der Waals surface area contributed by atoms with Crippen LogP contribution in [0.15, 0.2) is 10.6 Å². The van der Waals surface area contributed by atoms with Crippen molar-refractivity contribution >= 4 is 11.7 Å². The molecule has 90 valence electrons. The second-order valence-electron chi connectivity index (χ2n) is 3.72. The van der Waals surface area contributed by atoms with E-state index in [0.29, 0.717) is 0 Å². The molecule has 1 saturated carbocycles. The van der Waals surface area contributed by atoms with Crippen molar-refractivity contribution in [1.82, 2.24) is 5.16 Å². The van der Waals surface area contributed by atoms with Gasteiger partial charge in [0.05, 0.1) is 0 Å². The van der Waals surface area contributed by atoms with Crippen LogP contribution in [-0.2, 0) is 4.79 Å². The van der Waals surface area contributed by atoms with Crippen molar-refractivity contribution in [2.75, 3.05) is 5.32 Å². The summed E-state index contributed by atoms with van der Waals surface area (Å²) in [6.45, 7) is 0. The number of aromatic nitrogens is 1. The summed E-state index contributed by atoms with van der Waals surface area (Å²) in [7, 11) is 0. The summed E-state index contributed by atoms with van der Waals surface area (Å²) >= 11 is 0. The average molecular weight is 245 g/mol. The maximum absolute atomic E-state index is 12.6. The lowest BCUT2D eigenvalue weighted by molar-refractivity contribution is -0.189. The normalized spacial score (nSPS) is 17.3. The molecule has 1 fully saturated rings. The van der Waals surface area contributed by atoms with Crippen LogP contribution in [0.5, 0.6) is 0 Å². The third-order valence-electron chi connectivity index (χ3n) is 2.59. The van der Waals surface area contributed by atoms with Gasteiger partial charge in [-0.25, -0.2) is 0 Å². The Morgan fingerprint density at radius 1 is 1.59 bits per heavy atom. The van der Waals surface area contributed by atoms with Gasteiger partial charge in [0, 0.05) is 6.07 Å². The molecule has 2 rings (SSSR count). The summed E-state index contributed by atoms with van der Waals surface area (Å²) in [5, 5.41) is 13.7. The number of carbonyl (C=O) groups is 1. The Balaban J connectivity index is 2.11. The standard InChI is InChI=1S/C9H6F3N3O2/c10-9(11,12)8(1-2-8)7(16)14-6-3-5(4-13)17-15-6/h3H,1-2H2,(H,14,15,16). The van der Waals surface area contributed by atoms with Crippen molar-refractivity contribution in [2.45, 2.75) is 19.0 Å². The van der Waals surface area contributed by atoms with Gasteiger partial charge in [0.2, 0.25) is 11.7 Å². The quantitative estimate of drug-likeness (QED) is 0.861. The largest absolute Gasteiger partial charge is 0.403 e. The number of hydrogen-bond donors (Lipinski definition) is 1. The van der Waals surface area contributed by atoms with Crippen LogP contribution in [0.1, 0.15) is 18.6 Å². The van der Waals surface area contributed by atoms with E-state index in [2.05, 4.69) is 9.68 Å². The van der Waals surface area contributed by atoms with Crippen LogP contribution in [0.4, 0.5) is 19.0 Å². The Bertz CT molecular complexity index is 496. The summed E-state index contributed by atoms with van der Waals surface area (Å²) in [5.41, 5.74) is -2.31. The van der Waals surface area contributed by atoms with E-state index in [-0.39, 0.29) is 24.4 Å². The van der Waals surface area contributed by atoms with Gasteiger partial charge in [0.15, 0.2) is 5.82 Å². The highest BCUT2D eigenvalue weighted by molar-refractivity contribution is 5.97. The van der Waals surface area contributed by atoms with Gasteiger partial charge in [-0.15, -0.1) is 0 Å². The van der Waals surface area contributed by atoms with Crippen LogP contribution < -0.4 is 5.32 Å². The molecule has 0 spiro atoms. The highest BCUT2D eigenvalue weighted by Gasteiger charge is 2.68. The van der Waals surface area contributed by atoms with E-state index >= 15 is 0 Å². The molecule has 0 atom stereocenters. The van der Waals surface area contributed by atoms with Crippen molar-refractivity contribution in [3.05, 3.63) is 11.8 Å². The van der Waals surface area contributed by atoms with Gasteiger partial charge in [0.25, 0.3) is 0 Å². The van der Waals surface area contributed by atoms with Gasteiger partial charge >= 0.3 is 6.18 Å². The molecule has 1 aliphatic rings. The molecule has 0 unspecified atom stereocenters. The van der Waals surface area contributed by atoms with Crippen LogP contribution >= 0.6 is 0 Å². The van der Waals surface area contributed by atoms with Gasteiger partial charge in [-0.2, -0.15) is 18.4 Å². The number of halogens is 3. The third kappa shape index (κ3) is 1.84. The molecular weight excluding hydrogens is 239 g/mol. The lowest BCUT2D eigenvalue weighted by atomic mass is 10.1. The molecule has 5 nitrogen and oxygen atoms in total. The number of nitriles is 1. The Morgan fingerprint density at radius 2 is 2.24 bits per heavy atom. The average Bonchev–Trinajstić information content (AvgIpc) is 2.95. The minimum Gasteiger partial charge on any atom is -0.343 e. The van der Waals surface area contributed by atoms with E-state index in [1.165, 1.54) is 0 Å². The maximum Gasteiger partial charge on any atom is 0.403 e. The summed E-state index contributed by atoms with van der Waals surface area (Å²) in [6.07, 6.45) is -5.03. The van der Waals surface area contributed by atoms with Crippen molar-refractivity contribution in [2.24, 2.45) is 5.41 Å². The van der Waals surface area contributed by atoms with Crippen molar-refractivity contribution < 1.29 is 22.5 Å². The SMILES string of the molecule is N#Cc1cc(NC(=O)C2(C(F)(F)F)CC2)no1. The Morgan fingerprint density at radius 3 is 2.65 bits per heavy atom. The summed E-state index contributed by atoms with van der Waals surface area (Å²) in [4.78, 5) is 11.4. The topological polar surface area (TPSA) is 78.9 Å². The lowest BCUT2D eigenvalue weighted by Gasteiger charge is -2.17. The Hall–Kier alpha value is -2.04. The van der Waals surface area contributed by atoms with E-state index in [1.54, 1.807) is 6.07 Å². The molecule has 1 amide bonds. The Kier molecular flexibility index (Phi) is 2.34. The summed E-state index contributed by atoms with van der Waals surface area (Å²) < 4.78 is 42.1. The molecule has 0 bridgehead atoms. The number of anilines is 1. The monoisotopic (exact) mass is 245 g/mol. The van der Waals surface area contributed by atoms with Crippen molar-refractivity contribution in [3.8, 4) is 6.07 Å². The van der Waals surface area contributed by atoms with Gasteiger partial charge < -0.3 is 9.84 Å². The maximum atomic E-state index is 12.6. The van der Waals surface area contributed by atoms with Crippen LogP contribution in [0.2, 0.25) is 0 Å². The Labute approximate surface area is 93.2 Å². The van der Waals surface area contributed by atoms with Gasteiger partial charge in [-0.1, -0.05) is 5.16 Å². The van der Waals surface area contributed by atoms with Crippen LogP contribution in [0.3, 0.4) is 0 Å². The second-order valence-corrected chi connectivity index (χ2v) is 3.72. The highest BCUT2D eigenvalue weighted by atomic mass is 19.4. The van der Waals surface area contributed by atoms with Gasteiger partial charge in [0.1, 0.15) is 11.5 Å². The van der Waals surface area contributed by atoms with Crippen LogP contribution in [-0.4, -0.2) is 17.2 Å². The second kappa shape index (κ2) is 3.48. The van der Waals surface area contributed by atoms with Crippen molar-refractivity contribution in [1.29, 1.82) is 5.26 Å². The number of alkyl halides is 3. The van der Waals surface area contributed by atoms with E-state index < -0.39 is 17.5 Å². The molecule has 8 heteroatoms. The van der Waals surface area contributed by atoms with Gasteiger partial charge in [-0.3, -0.25) is 4.79 Å². The van der Waals surface area contributed by atoms with E-state index in [0.717, 1.165) is 6.07 Å². The molecule has 0 radical (unpaired) electrons. The summed E-state index contributed by atoms with van der Waals surface area (Å²) in [6, 6.07) is 2.66. The first-order chi connectivity index (χ1) is 7.89. The van der Waals surface area contributed by atoms with Crippen molar-refractivity contribution in [3.63, 3.8) is 0 Å². The predicted molar refractivity (Wildman–Crippen MR) is 47.6 cm³/mol. The summed E-state index contributed by atoms with van der Waals surface area (Å²) in [5.74, 6) is -1.54. The minimum atomic E-state index is -4.57. The molecule has 0 aliphatic heterocycles. The fourth-order valence-corrected chi connectivity index (χ4v) is 1.39. The first-order valence-electron chi connectivity index (χ1n) is 4.64. The number of hydrogen-bond acceptors (Lipinski definition) is 4. The fraction of sp³-hybridized carbons (Fsp3) is 0.444. The molecule has 1 aliphatic carbocycles. The molecule has 0 saturated heterocycles. The molecule has 17 heavy (non-hydrogen) atoms. The van der Waals surface area contributed by atoms with E-state index in [9.17, 15) is 18.0 Å². The van der Waals surface area contributed by atoms with Crippen LogP contribution in [0, 0.1) is 16.7 Å². The molecule has 1 aromatic rings. The molecule has 0 aromatic carbocycles. The number of carbonyl (C=O) groups excluding carboxylic acids is 1. The first kappa shape index (κ1) is 11.4. The predicted octanol–water partition coefficient (Wildman–Crippen LogP) is 1.83. The number of amides is 1. The molecular formula is C9H6F3N3O2. The highest BCUT2D eigenvalue weighted by Crippen LogP contribution is 2.58. The van der Waals surface area contributed by atoms with E-state index in [4.69, 9.17) is 5.26 Å². The molecule has 1 N–H and O–H groups in total. The number of rotatable bonds is 2. The third-order valence-corrected chi connectivity index (χ3v) is 2.59. The zero-order valence-corrected chi connectivity index (χ0v) is 8.34. The lowest BCUT2D eigenvalue weighted by Crippen LogP contribution is -2.37. The van der Waals surface area contributed by atoms with Crippen LogP contribution in [0.25, 0.3) is 0 Å². The molecule has 1 heterocycles. The minimum absolute atomic E-state index is 0.183. The molecule has 1 aromatic heterocycles. The number of nitrogens with one attached hydrogen (secondary N) is 1.